The molecule has 1 N–H and O–H groups in total. The van der Waals surface area contributed by atoms with Crippen LogP contribution in [0.4, 0.5) is 0 Å². The van der Waals surface area contributed by atoms with E-state index < -0.39 is 0 Å². The average molecular weight is 279 g/mol. The van der Waals surface area contributed by atoms with Gasteiger partial charge in [0.2, 0.25) is 5.88 Å². The molecule has 1 saturated carbocycles. The highest BCUT2D eigenvalue weighted by atomic mass is 16.5. The highest BCUT2D eigenvalue weighted by molar-refractivity contribution is 5.25. The second kappa shape index (κ2) is 6.50. The number of nitrogens with zero attached hydrogens (tertiary/aromatic N) is 2. The highest BCUT2D eigenvalue weighted by Gasteiger charge is 2.43. The van der Waals surface area contributed by atoms with E-state index in [1.807, 2.05) is 7.05 Å². The van der Waals surface area contributed by atoms with Gasteiger partial charge in [-0.15, -0.1) is 0 Å². The SMILES string of the molecule is CNC(c1nccnc1OC)C1(OC)CCC(C)CC1. The quantitative estimate of drug-likeness (QED) is 0.896. The fourth-order valence-corrected chi connectivity index (χ4v) is 3.20. The number of hydrogen-bond acceptors (Lipinski definition) is 5. The van der Waals surface area contributed by atoms with Crippen molar-refractivity contribution in [3.8, 4) is 5.88 Å². The summed E-state index contributed by atoms with van der Waals surface area (Å²) in [5, 5.41) is 3.36. The lowest BCUT2D eigenvalue weighted by Gasteiger charge is -2.43. The molecule has 1 aromatic heterocycles. The average Bonchev–Trinajstić information content (AvgIpc) is 2.50. The molecule has 20 heavy (non-hydrogen) atoms. The maximum absolute atomic E-state index is 5.95. The van der Waals surface area contributed by atoms with E-state index in [9.17, 15) is 0 Å². The van der Waals surface area contributed by atoms with Crippen molar-refractivity contribution in [2.45, 2.75) is 44.2 Å². The fourth-order valence-electron chi connectivity index (χ4n) is 3.20. The maximum atomic E-state index is 5.95. The van der Waals surface area contributed by atoms with E-state index in [4.69, 9.17) is 9.47 Å². The van der Waals surface area contributed by atoms with Gasteiger partial charge in [0.05, 0.1) is 18.8 Å². The molecule has 5 nitrogen and oxygen atoms in total. The molecule has 112 valence electrons. The van der Waals surface area contributed by atoms with Crippen LogP contribution in [0, 0.1) is 5.92 Å². The van der Waals surface area contributed by atoms with Crippen molar-refractivity contribution >= 4 is 0 Å². The molecule has 1 unspecified atom stereocenters. The minimum atomic E-state index is -0.232. The van der Waals surface area contributed by atoms with Gasteiger partial charge in [-0.1, -0.05) is 6.92 Å². The number of aromatic nitrogens is 2. The summed E-state index contributed by atoms with van der Waals surface area (Å²) in [7, 11) is 5.36. The van der Waals surface area contributed by atoms with E-state index >= 15 is 0 Å². The molecule has 1 fully saturated rings. The Morgan fingerprint density at radius 2 is 1.90 bits per heavy atom. The van der Waals surface area contributed by atoms with Crippen LogP contribution >= 0.6 is 0 Å². The zero-order valence-electron chi connectivity index (χ0n) is 12.8. The molecule has 0 amide bonds. The molecule has 2 rings (SSSR count). The van der Waals surface area contributed by atoms with Gasteiger partial charge in [-0.25, -0.2) is 4.98 Å². The van der Waals surface area contributed by atoms with Gasteiger partial charge >= 0.3 is 0 Å². The largest absolute Gasteiger partial charge is 0.480 e. The Kier molecular flexibility index (Phi) is 4.94. The van der Waals surface area contributed by atoms with E-state index in [0.29, 0.717) is 5.88 Å². The first-order valence-electron chi connectivity index (χ1n) is 7.24. The Morgan fingerprint density at radius 3 is 2.45 bits per heavy atom. The number of rotatable bonds is 5. The van der Waals surface area contributed by atoms with Crippen molar-refractivity contribution in [3.63, 3.8) is 0 Å². The zero-order chi connectivity index (χ0) is 14.6. The molecule has 1 heterocycles. The summed E-state index contributed by atoms with van der Waals surface area (Å²) >= 11 is 0. The second-order valence-corrected chi connectivity index (χ2v) is 5.62. The molecule has 0 spiro atoms. The number of likely N-dealkylation sites (N-methyl/N-ethyl adjacent to an activating group) is 1. The lowest BCUT2D eigenvalue weighted by atomic mass is 9.74. The van der Waals surface area contributed by atoms with Crippen LogP contribution in [-0.4, -0.2) is 36.8 Å². The van der Waals surface area contributed by atoms with Crippen molar-refractivity contribution in [1.29, 1.82) is 0 Å². The third kappa shape index (κ3) is 2.79. The van der Waals surface area contributed by atoms with Crippen molar-refractivity contribution in [2.75, 3.05) is 21.3 Å². The molecule has 1 aliphatic carbocycles. The van der Waals surface area contributed by atoms with Gasteiger partial charge in [0.15, 0.2) is 0 Å². The molecule has 1 aromatic rings. The molecule has 0 aromatic carbocycles. The molecule has 0 aliphatic heterocycles. The smallest absolute Gasteiger partial charge is 0.237 e. The van der Waals surface area contributed by atoms with Gasteiger partial charge in [0.1, 0.15) is 5.69 Å². The topological polar surface area (TPSA) is 56.3 Å². The van der Waals surface area contributed by atoms with Crippen molar-refractivity contribution in [3.05, 3.63) is 18.1 Å². The third-order valence-corrected chi connectivity index (χ3v) is 4.50. The number of ether oxygens (including phenoxy) is 2. The van der Waals surface area contributed by atoms with Crippen molar-refractivity contribution < 1.29 is 9.47 Å². The van der Waals surface area contributed by atoms with Crippen LogP contribution in [0.1, 0.15) is 44.3 Å². The van der Waals surface area contributed by atoms with Gasteiger partial charge in [-0.05, 0) is 38.6 Å². The molecule has 0 bridgehead atoms. The Hall–Kier alpha value is -1.20. The van der Waals surface area contributed by atoms with Gasteiger partial charge in [0.25, 0.3) is 0 Å². The van der Waals surface area contributed by atoms with Crippen LogP contribution in [0.2, 0.25) is 0 Å². The number of methoxy groups -OCH3 is 2. The van der Waals surface area contributed by atoms with Crippen molar-refractivity contribution in [1.82, 2.24) is 15.3 Å². The van der Waals surface area contributed by atoms with Crippen molar-refractivity contribution in [2.24, 2.45) is 5.92 Å². The van der Waals surface area contributed by atoms with E-state index in [1.54, 1.807) is 26.6 Å². The summed E-state index contributed by atoms with van der Waals surface area (Å²) in [6.45, 7) is 2.30. The van der Waals surface area contributed by atoms with E-state index in [1.165, 1.54) is 12.8 Å². The molecule has 0 saturated heterocycles. The van der Waals surface area contributed by atoms with Gasteiger partial charge < -0.3 is 14.8 Å². The minimum absolute atomic E-state index is 0.0105. The fraction of sp³-hybridized carbons (Fsp3) is 0.733. The summed E-state index contributed by atoms with van der Waals surface area (Å²) < 4.78 is 11.3. The zero-order valence-corrected chi connectivity index (χ0v) is 12.8. The first kappa shape index (κ1) is 15.2. The Bertz CT molecular complexity index is 431. The Balaban J connectivity index is 2.34. The van der Waals surface area contributed by atoms with E-state index in [-0.39, 0.29) is 11.6 Å². The van der Waals surface area contributed by atoms with Crippen LogP contribution in [0.25, 0.3) is 0 Å². The summed E-state index contributed by atoms with van der Waals surface area (Å²) in [5.74, 6) is 1.33. The third-order valence-electron chi connectivity index (χ3n) is 4.50. The molecular weight excluding hydrogens is 254 g/mol. The summed E-state index contributed by atoms with van der Waals surface area (Å²) in [4.78, 5) is 8.74. The van der Waals surface area contributed by atoms with Gasteiger partial charge in [0, 0.05) is 19.5 Å². The lowest BCUT2D eigenvalue weighted by Crippen LogP contribution is -2.47. The number of hydrogen-bond donors (Lipinski definition) is 1. The first-order valence-corrected chi connectivity index (χ1v) is 7.24. The van der Waals surface area contributed by atoms with E-state index in [2.05, 4.69) is 22.2 Å². The van der Waals surface area contributed by atoms with Crippen LogP contribution in [0.5, 0.6) is 5.88 Å². The summed E-state index contributed by atoms with van der Waals surface area (Å²) in [6.07, 6.45) is 7.75. The van der Waals surface area contributed by atoms with Crippen LogP contribution in [0.15, 0.2) is 12.4 Å². The molecule has 1 aliphatic rings. The Morgan fingerprint density at radius 1 is 1.25 bits per heavy atom. The standard InChI is InChI=1S/C15H25N3O2/c1-11-5-7-15(20-4,8-6-11)13(16-2)12-14(19-3)18-10-9-17-12/h9-11,13,16H,5-8H2,1-4H3. The summed E-state index contributed by atoms with van der Waals surface area (Å²) in [5.41, 5.74) is 0.596. The minimum Gasteiger partial charge on any atom is -0.480 e. The number of nitrogens with one attached hydrogen (secondary N) is 1. The molecule has 5 heteroatoms. The summed E-state index contributed by atoms with van der Waals surface area (Å²) in [6, 6.07) is -0.0105. The van der Waals surface area contributed by atoms with E-state index in [0.717, 1.165) is 24.5 Å². The maximum Gasteiger partial charge on any atom is 0.237 e. The second-order valence-electron chi connectivity index (χ2n) is 5.62. The predicted octanol–water partition coefficient (Wildman–Crippen LogP) is 2.34. The van der Waals surface area contributed by atoms with Crippen LogP contribution < -0.4 is 10.1 Å². The lowest BCUT2D eigenvalue weighted by molar-refractivity contribution is -0.0759. The molecular formula is C15H25N3O2. The normalized spacial score (nSPS) is 28.1. The molecule has 0 radical (unpaired) electrons. The first-order chi connectivity index (χ1) is 9.66. The molecule has 1 atom stereocenters. The van der Waals surface area contributed by atoms with Gasteiger partial charge in [-0.2, -0.15) is 0 Å². The van der Waals surface area contributed by atoms with Gasteiger partial charge in [-0.3, -0.25) is 4.98 Å². The Labute approximate surface area is 121 Å². The predicted molar refractivity (Wildman–Crippen MR) is 77.8 cm³/mol. The monoisotopic (exact) mass is 279 g/mol. The van der Waals surface area contributed by atoms with Crippen LogP contribution in [0.3, 0.4) is 0 Å². The highest BCUT2D eigenvalue weighted by Crippen LogP contribution is 2.43. The van der Waals surface area contributed by atoms with Crippen LogP contribution in [-0.2, 0) is 4.74 Å².